The van der Waals surface area contributed by atoms with Crippen molar-refractivity contribution in [2.24, 2.45) is 0 Å². The number of thiophene rings is 1. The van der Waals surface area contributed by atoms with Crippen molar-refractivity contribution < 1.29 is 9.53 Å². The number of nitrogens with one attached hydrogen (secondary N) is 1. The second-order valence-electron chi connectivity index (χ2n) is 9.28. The van der Waals surface area contributed by atoms with Crippen LogP contribution < -0.4 is 10.1 Å². The van der Waals surface area contributed by atoms with Gasteiger partial charge >= 0.3 is 6.03 Å². The average molecular weight is 499 g/mol. The molecular formula is C29H30N4O2S. The monoisotopic (exact) mass is 498 g/mol. The van der Waals surface area contributed by atoms with Crippen molar-refractivity contribution in [1.82, 2.24) is 14.4 Å². The Morgan fingerprint density at radius 1 is 1.03 bits per heavy atom. The Balaban J connectivity index is 1.48. The number of amides is 2. The first kappa shape index (κ1) is 22.9. The fraction of sp³-hybridized carbons (Fsp3) is 0.276. The van der Waals surface area contributed by atoms with Crippen LogP contribution in [0, 0.1) is 0 Å². The largest absolute Gasteiger partial charge is 0.495 e. The standard InChI is InChI=1S/C29H30N4O2S/c1-3-31-17-15-21-22-18-33(29(34)30-23-12-7-8-14-25(23)35-2)27(20-10-5-4-6-11-20)24-13-9-16-32(24)28(22)36-26(21)19-31/h4-14,16,27H,3,15,17-19H2,1-2H3,(H,30,34)/t27-/m1/s1. The molecule has 0 saturated heterocycles. The number of ether oxygens (including phenoxy) is 1. The van der Waals surface area contributed by atoms with Crippen molar-refractivity contribution >= 4 is 23.1 Å². The first-order valence-electron chi connectivity index (χ1n) is 12.5. The van der Waals surface area contributed by atoms with Crippen LogP contribution in [0.3, 0.4) is 0 Å². The van der Waals surface area contributed by atoms with E-state index < -0.39 is 0 Å². The molecule has 0 unspecified atom stereocenters. The van der Waals surface area contributed by atoms with Gasteiger partial charge in [-0.15, -0.1) is 11.3 Å². The Hall–Kier alpha value is -3.55. The zero-order valence-electron chi connectivity index (χ0n) is 20.6. The number of anilines is 1. The van der Waals surface area contributed by atoms with Crippen LogP contribution >= 0.6 is 11.3 Å². The van der Waals surface area contributed by atoms with Crippen LogP contribution in [0.5, 0.6) is 5.75 Å². The van der Waals surface area contributed by atoms with Gasteiger partial charge in [0.25, 0.3) is 0 Å². The molecule has 0 fully saturated rings. The lowest BCUT2D eigenvalue weighted by Gasteiger charge is -2.32. The normalized spacial score (nSPS) is 17.1. The van der Waals surface area contributed by atoms with Crippen LogP contribution in [0.15, 0.2) is 72.9 Å². The van der Waals surface area contributed by atoms with E-state index in [9.17, 15) is 4.79 Å². The molecule has 36 heavy (non-hydrogen) atoms. The van der Waals surface area contributed by atoms with E-state index in [2.05, 4.69) is 52.2 Å². The number of hydrogen-bond acceptors (Lipinski definition) is 4. The van der Waals surface area contributed by atoms with E-state index in [0.717, 1.165) is 37.3 Å². The van der Waals surface area contributed by atoms with Gasteiger partial charge in [0.2, 0.25) is 0 Å². The molecule has 0 radical (unpaired) electrons. The molecule has 6 nitrogen and oxygen atoms in total. The van der Waals surface area contributed by atoms with E-state index in [1.807, 2.05) is 58.7 Å². The highest BCUT2D eigenvalue weighted by Crippen LogP contribution is 2.43. The molecule has 0 aliphatic carbocycles. The lowest BCUT2D eigenvalue weighted by Crippen LogP contribution is -2.38. The van der Waals surface area contributed by atoms with E-state index in [4.69, 9.17) is 4.74 Å². The second-order valence-corrected chi connectivity index (χ2v) is 10.4. The van der Waals surface area contributed by atoms with Gasteiger partial charge in [-0.25, -0.2) is 4.79 Å². The van der Waals surface area contributed by atoms with E-state index in [-0.39, 0.29) is 12.1 Å². The van der Waals surface area contributed by atoms with Crippen molar-refractivity contribution in [2.75, 3.05) is 25.5 Å². The maximum absolute atomic E-state index is 14.0. The van der Waals surface area contributed by atoms with Gasteiger partial charge in [0.05, 0.1) is 31.1 Å². The van der Waals surface area contributed by atoms with E-state index >= 15 is 0 Å². The van der Waals surface area contributed by atoms with E-state index in [1.54, 1.807) is 7.11 Å². The van der Waals surface area contributed by atoms with E-state index in [0.29, 0.717) is 18.0 Å². The molecule has 2 aliphatic rings. The molecule has 184 valence electrons. The molecule has 0 bridgehead atoms. The molecule has 2 amide bonds. The topological polar surface area (TPSA) is 49.7 Å². The summed E-state index contributed by atoms with van der Waals surface area (Å²) in [6.07, 6.45) is 3.16. The first-order chi connectivity index (χ1) is 17.7. The van der Waals surface area contributed by atoms with Crippen LogP contribution in [0.1, 0.15) is 40.2 Å². The Morgan fingerprint density at radius 3 is 2.64 bits per heavy atom. The second kappa shape index (κ2) is 9.48. The highest BCUT2D eigenvalue weighted by atomic mass is 32.1. The summed E-state index contributed by atoms with van der Waals surface area (Å²) in [6, 6.07) is 21.8. The van der Waals surface area contributed by atoms with Gasteiger partial charge in [-0.2, -0.15) is 0 Å². The Kier molecular flexibility index (Phi) is 6.03. The molecular weight excluding hydrogens is 468 g/mol. The highest BCUT2D eigenvalue weighted by molar-refractivity contribution is 7.15. The van der Waals surface area contributed by atoms with Crippen LogP contribution in [0.4, 0.5) is 10.5 Å². The summed E-state index contributed by atoms with van der Waals surface area (Å²) < 4.78 is 7.82. The van der Waals surface area contributed by atoms with Gasteiger partial charge in [0.15, 0.2) is 0 Å². The molecule has 7 heteroatoms. The Morgan fingerprint density at radius 2 is 1.83 bits per heavy atom. The Bertz CT molecular complexity index is 1390. The van der Waals surface area contributed by atoms with Crippen molar-refractivity contribution in [1.29, 1.82) is 0 Å². The fourth-order valence-corrected chi connectivity index (χ4v) is 6.87. The Labute approximate surface area is 215 Å². The van der Waals surface area contributed by atoms with Crippen molar-refractivity contribution in [2.45, 2.75) is 32.5 Å². The number of benzene rings is 2. The SMILES string of the molecule is CCN1CCc2c(sc3c2CN(C(=O)Nc2ccccc2OC)[C@H](c2ccccc2)c2cccn2-3)C1. The number of rotatable bonds is 4. The van der Waals surface area contributed by atoms with Gasteiger partial charge in [-0.1, -0.05) is 49.4 Å². The molecule has 0 spiro atoms. The molecule has 6 rings (SSSR count). The lowest BCUT2D eigenvalue weighted by molar-refractivity contribution is 0.194. The minimum Gasteiger partial charge on any atom is -0.495 e. The predicted octanol–water partition coefficient (Wildman–Crippen LogP) is 6.06. The molecule has 4 heterocycles. The maximum atomic E-state index is 14.0. The molecule has 1 atom stereocenters. The van der Waals surface area contributed by atoms with Gasteiger partial charge in [0, 0.05) is 29.7 Å². The zero-order valence-corrected chi connectivity index (χ0v) is 21.4. The number of nitrogens with zero attached hydrogens (tertiary/aromatic N) is 3. The third-order valence-corrected chi connectivity index (χ3v) is 8.57. The summed E-state index contributed by atoms with van der Waals surface area (Å²) >= 11 is 1.88. The summed E-state index contributed by atoms with van der Waals surface area (Å²) in [7, 11) is 1.63. The smallest absolute Gasteiger partial charge is 0.323 e. The van der Waals surface area contributed by atoms with E-state index in [1.165, 1.54) is 21.0 Å². The molecule has 2 aliphatic heterocycles. The van der Waals surface area contributed by atoms with Crippen LogP contribution in [-0.4, -0.2) is 40.6 Å². The number of hydrogen-bond donors (Lipinski definition) is 1. The summed E-state index contributed by atoms with van der Waals surface area (Å²) in [4.78, 5) is 20.0. The number of likely N-dealkylation sites (N-methyl/N-ethyl adjacent to an activating group) is 1. The molecule has 1 N–H and O–H groups in total. The van der Waals surface area contributed by atoms with Crippen molar-refractivity contribution in [3.63, 3.8) is 0 Å². The third kappa shape index (κ3) is 3.88. The molecule has 0 saturated carbocycles. The van der Waals surface area contributed by atoms with Gasteiger partial charge in [-0.05, 0) is 48.4 Å². The first-order valence-corrected chi connectivity index (χ1v) is 13.3. The number of urea groups is 1. The predicted molar refractivity (Wildman–Crippen MR) is 144 cm³/mol. The van der Waals surface area contributed by atoms with Crippen molar-refractivity contribution in [3.8, 4) is 10.8 Å². The highest BCUT2D eigenvalue weighted by Gasteiger charge is 2.36. The number of methoxy groups -OCH3 is 1. The maximum Gasteiger partial charge on any atom is 0.323 e. The minimum absolute atomic E-state index is 0.139. The number of fused-ring (bicyclic) bond motifs is 5. The van der Waals surface area contributed by atoms with Gasteiger partial charge in [-0.3, -0.25) is 4.90 Å². The fourth-order valence-electron chi connectivity index (χ4n) is 5.47. The molecule has 2 aromatic heterocycles. The summed E-state index contributed by atoms with van der Waals surface area (Å²) in [5.41, 5.74) is 5.55. The minimum atomic E-state index is -0.220. The zero-order chi connectivity index (χ0) is 24.6. The average Bonchev–Trinajstić information content (AvgIpc) is 3.50. The van der Waals surface area contributed by atoms with Crippen LogP contribution in [0.2, 0.25) is 0 Å². The molecule has 2 aromatic carbocycles. The number of carbonyl (C=O) groups excluding carboxylic acids is 1. The van der Waals surface area contributed by atoms with Crippen LogP contribution in [-0.2, 0) is 19.5 Å². The van der Waals surface area contributed by atoms with Gasteiger partial charge in [0.1, 0.15) is 10.8 Å². The number of carbonyl (C=O) groups is 1. The lowest BCUT2D eigenvalue weighted by atomic mass is 10.00. The quantitative estimate of drug-likeness (QED) is 0.372. The summed E-state index contributed by atoms with van der Waals surface area (Å²) in [5, 5.41) is 4.39. The number of aromatic nitrogens is 1. The summed E-state index contributed by atoms with van der Waals surface area (Å²) in [6.45, 7) is 5.87. The van der Waals surface area contributed by atoms with Crippen LogP contribution in [0.25, 0.3) is 5.00 Å². The third-order valence-electron chi connectivity index (χ3n) is 7.32. The van der Waals surface area contributed by atoms with Crippen molar-refractivity contribution in [3.05, 3.63) is 100 Å². The molecule has 4 aromatic rings. The summed E-state index contributed by atoms with van der Waals surface area (Å²) in [5.74, 6) is 0.647. The number of para-hydroxylation sites is 2. The van der Waals surface area contributed by atoms with Gasteiger partial charge < -0.3 is 19.5 Å².